The summed E-state index contributed by atoms with van der Waals surface area (Å²) in [5, 5.41) is 3.58. The van der Waals surface area contributed by atoms with E-state index < -0.39 is 29.2 Å². The fourth-order valence-corrected chi connectivity index (χ4v) is 5.91. The summed E-state index contributed by atoms with van der Waals surface area (Å²) < 4.78 is 74.3. The van der Waals surface area contributed by atoms with Crippen molar-refractivity contribution in [3.8, 4) is 0 Å². The average molecular weight is 535 g/mol. The highest BCUT2D eigenvalue weighted by atomic mass is 19.2. The lowest BCUT2D eigenvalue weighted by atomic mass is 9.86. The van der Waals surface area contributed by atoms with Crippen molar-refractivity contribution in [2.24, 2.45) is 0 Å². The lowest BCUT2D eigenvalue weighted by Gasteiger charge is -2.43. The maximum absolute atomic E-state index is 15.8. The second-order valence-electron chi connectivity index (χ2n) is 11.1. The Morgan fingerprint density at radius 2 is 1.82 bits per heavy atom. The van der Waals surface area contributed by atoms with Crippen LogP contribution >= 0.6 is 0 Å². The average Bonchev–Trinajstić information content (AvgIpc) is 3.21. The predicted molar refractivity (Wildman–Crippen MR) is 141 cm³/mol. The van der Waals surface area contributed by atoms with Crippen molar-refractivity contribution >= 4 is 16.6 Å². The van der Waals surface area contributed by atoms with Crippen LogP contribution < -0.4 is 5.32 Å². The van der Waals surface area contributed by atoms with Crippen molar-refractivity contribution in [3.63, 3.8) is 0 Å². The molecule has 2 N–H and O–H groups in total. The van der Waals surface area contributed by atoms with Crippen LogP contribution in [-0.2, 0) is 6.42 Å². The molecule has 5 rings (SSSR count). The quantitative estimate of drug-likeness (QED) is 0.307. The molecule has 0 amide bonds. The third-order valence-corrected chi connectivity index (χ3v) is 8.12. The lowest BCUT2D eigenvalue weighted by molar-refractivity contribution is 0.0515. The third kappa shape index (κ3) is 5.02. The third-order valence-electron chi connectivity index (χ3n) is 8.12. The highest BCUT2D eigenvalue weighted by molar-refractivity contribution is 5.86. The number of aromatic amines is 1. The number of hydrogen-bond acceptors (Lipinski definition) is 3. The highest BCUT2D eigenvalue weighted by Crippen LogP contribution is 2.44. The van der Waals surface area contributed by atoms with Crippen molar-refractivity contribution in [3.05, 3.63) is 64.6 Å². The first-order chi connectivity index (χ1) is 18.1. The van der Waals surface area contributed by atoms with Gasteiger partial charge in [-0.05, 0) is 62.9 Å². The van der Waals surface area contributed by atoms with E-state index in [1.807, 2.05) is 6.92 Å². The summed E-state index contributed by atoms with van der Waals surface area (Å²) in [7, 11) is 0. The molecule has 1 fully saturated rings. The van der Waals surface area contributed by atoms with E-state index in [0.717, 1.165) is 0 Å². The largest absolute Gasteiger partial charge is 0.380 e. The Bertz CT molecular complexity index is 1280. The molecular weight excluding hydrogens is 499 g/mol. The number of fused-ring (bicyclic) bond motifs is 3. The van der Waals surface area contributed by atoms with Crippen molar-refractivity contribution in [1.29, 1.82) is 0 Å². The van der Waals surface area contributed by atoms with Crippen LogP contribution in [0.15, 0.2) is 30.3 Å². The molecule has 0 spiro atoms. The van der Waals surface area contributed by atoms with Gasteiger partial charge in [-0.3, -0.25) is 14.2 Å². The standard InChI is InChI=1S/C29H35F5N4/c1-4-29(3,34)16-38-17(2)11-20-25-21(31)7-5-8-24(25)36-27(20)28(38)26-22(32)12-18(13-23(26)33)35-19-14-37(15-19)10-6-9-30/h5,7-8,12-13,17,19,28,35-36H,4,6,9-11,14-16H2,1-3H3/t17-,28-,29+/m0/s1. The molecule has 2 aliphatic rings. The molecule has 0 aliphatic carbocycles. The van der Waals surface area contributed by atoms with E-state index in [9.17, 15) is 8.78 Å². The van der Waals surface area contributed by atoms with Crippen LogP contribution in [0.1, 0.15) is 56.5 Å². The summed E-state index contributed by atoms with van der Waals surface area (Å²) >= 11 is 0. The number of aromatic nitrogens is 1. The van der Waals surface area contributed by atoms with E-state index in [1.54, 1.807) is 24.0 Å². The van der Waals surface area contributed by atoms with Crippen LogP contribution in [0.25, 0.3) is 10.9 Å². The molecule has 1 saturated heterocycles. The van der Waals surface area contributed by atoms with Gasteiger partial charge < -0.3 is 10.3 Å². The smallest absolute Gasteiger partial charge is 0.133 e. The second-order valence-corrected chi connectivity index (χ2v) is 11.1. The zero-order chi connectivity index (χ0) is 27.2. The molecule has 1 aromatic heterocycles. The number of anilines is 1. The minimum Gasteiger partial charge on any atom is -0.380 e. The molecule has 206 valence electrons. The van der Waals surface area contributed by atoms with Gasteiger partial charge >= 0.3 is 0 Å². The van der Waals surface area contributed by atoms with Crippen molar-refractivity contribution in [1.82, 2.24) is 14.8 Å². The SMILES string of the molecule is CC[C@@](C)(F)CN1[C@@H](c2c(F)cc(NC3CN(CCCF)C3)cc2F)c2[nH]c3cccc(F)c3c2C[C@@H]1C. The first-order valence-electron chi connectivity index (χ1n) is 13.4. The molecule has 3 heterocycles. The number of benzene rings is 2. The minimum absolute atomic E-state index is 0.0190. The fourth-order valence-electron chi connectivity index (χ4n) is 5.91. The zero-order valence-electron chi connectivity index (χ0n) is 22.1. The van der Waals surface area contributed by atoms with E-state index in [-0.39, 0.29) is 37.3 Å². The Labute approximate surface area is 220 Å². The number of nitrogens with zero attached hydrogens (tertiary/aromatic N) is 2. The molecule has 0 saturated carbocycles. The van der Waals surface area contributed by atoms with Crippen LogP contribution in [-0.4, -0.2) is 65.4 Å². The van der Waals surface area contributed by atoms with Gasteiger partial charge in [-0.15, -0.1) is 0 Å². The van der Waals surface area contributed by atoms with Gasteiger partial charge in [0.25, 0.3) is 0 Å². The number of hydrogen-bond donors (Lipinski definition) is 2. The van der Waals surface area contributed by atoms with E-state index >= 15 is 13.2 Å². The molecule has 2 aliphatic heterocycles. The Kier molecular flexibility index (Phi) is 7.44. The van der Waals surface area contributed by atoms with Gasteiger partial charge in [0.1, 0.15) is 23.1 Å². The highest BCUT2D eigenvalue weighted by Gasteiger charge is 2.42. The number of likely N-dealkylation sites (tertiary alicyclic amines) is 1. The molecule has 3 atom stereocenters. The molecule has 9 heteroatoms. The lowest BCUT2D eigenvalue weighted by Crippen LogP contribution is -2.54. The maximum Gasteiger partial charge on any atom is 0.133 e. The monoisotopic (exact) mass is 534 g/mol. The van der Waals surface area contributed by atoms with Crippen molar-refractivity contribution < 1.29 is 22.0 Å². The second kappa shape index (κ2) is 10.5. The van der Waals surface area contributed by atoms with Gasteiger partial charge in [0.05, 0.1) is 18.8 Å². The number of rotatable bonds is 9. The molecule has 2 aromatic carbocycles. The van der Waals surface area contributed by atoms with E-state index in [1.165, 1.54) is 25.1 Å². The van der Waals surface area contributed by atoms with E-state index in [4.69, 9.17) is 0 Å². The topological polar surface area (TPSA) is 34.3 Å². The summed E-state index contributed by atoms with van der Waals surface area (Å²) in [5.41, 5.74) is 0.285. The van der Waals surface area contributed by atoms with Gasteiger partial charge in [0.2, 0.25) is 0 Å². The predicted octanol–water partition coefficient (Wildman–Crippen LogP) is 6.52. The Balaban J connectivity index is 1.52. The molecule has 0 bridgehead atoms. The van der Waals surface area contributed by atoms with Gasteiger partial charge in [0.15, 0.2) is 0 Å². The number of H-pyrrole nitrogens is 1. The van der Waals surface area contributed by atoms with Crippen molar-refractivity contribution in [2.45, 2.75) is 63.8 Å². The van der Waals surface area contributed by atoms with Crippen molar-refractivity contribution in [2.75, 3.05) is 38.2 Å². The molecule has 0 radical (unpaired) electrons. The van der Waals surface area contributed by atoms with E-state index in [0.29, 0.717) is 60.3 Å². The molecule has 4 nitrogen and oxygen atoms in total. The van der Waals surface area contributed by atoms with Gasteiger partial charge in [-0.2, -0.15) is 0 Å². The molecular formula is C29H35F5N4. The van der Waals surface area contributed by atoms with Gasteiger partial charge in [0, 0.05) is 60.1 Å². The summed E-state index contributed by atoms with van der Waals surface area (Å²) in [6, 6.07) is 6.04. The number of alkyl halides is 2. The fraction of sp³-hybridized carbons (Fsp3) is 0.517. The summed E-state index contributed by atoms with van der Waals surface area (Å²) in [6.07, 6.45) is 1.14. The Morgan fingerprint density at radius 1 is 1.11 bits per heavy atom. The molecule has 0 unspecified atom stereocenters. The Hall–Kier alpha value is -2.65. The van der Waals surface area contributed by atoms with Gasteiger partial charge in [-0.1, -0.05) is 13.0 Å². The van der Waals surface area contributed by atoms with Crippen LogP contribution in [0.2, 0.25) is 0 Å². The normalized spacial score (nSPS) is 22.3. The first-order valence-corrected chi connectivity index (χ1v) is 13.4. The summed E-state index contributed by atoms with van der Waals surface area (Å²) in [5.74, 6) is -1.88. The molecule has 3 aromatic rings. The minimum atomic E-state index is -1.58. The number of halogens is 5. The van der Waals surface area contributed by atoms with E-state index in [2.05, 4.69) is 15.2 Å². The van der Waals surface area contributed by atoms with Crippen LogP contribution in [0, 0.1) is 17.5 Å². The summed E-state index contributed by atoms with van der Waals surface area (Å²) in [4.78, 5) is 7.09. The van der Waals surface area contributed by atoms with Crippen LogP contribution in [0.3, 0.4) is 0 Å². The first kappa shape index (κ1) is 26.9. The maximum atomic E-state index is 15.8. The van der Waals surface area contributed by atoms with Gasteiger partial charge in [-0.25, -0.2) is 17.6 Å². The zero-order valence-corrected chi connectivity index (χ0v) is 22.1. The number of nitrogens with one attached hydrogen (secondary N) is 2. The summed E-state index contributed by atoms with van der Waals surface area (Å²) in [6.45, 7) is 6.74. The Morgan fingerprint density at radius 3 is 2.47 bits per heavy atom. The molecule has 38 heavy (non-hydrogen) atoms. The van der Waals surface area contributed by atoms with Crippen LogP contribution in [0.4, 0.5) is 27.6 Å². The van der Waals surface area contributed by atoms with Crippen LogP contribution in [0.5, 0.6) is 0 Å².